The lowest BCUT2D eigenvalue weighted by Crippen LogP contribution is -1.95. The fourth-order valence-electron chi connectivity index (χ4n) is 1.38. The van der Waals surface area contributed by atoms with Crippen LogP contribution >= 0.6 is 11.8 Å². The van der Waals surface area contributed by atoms with E-state index in [0.717, 1.165) is 10.5 Å². The first-order valence-corrected chi connectivity index (χ1v) is 6.05. The number of nitrogens with zero attached hydrogens (tertiary/aromatic N) is 2. The van der Waals surface area contributed by atoms with Crippen molar-refractivity contribution in [1.82, 2.24) is 9.97 Å². The van der Waals surface area contributed by atoms with E-state index in [0.29, 0.717) is 10.7 Å². The third kappa shape index (κ3) is 2.91. The van der Waals surface area contributed by atoms with Crippen LogP contribution in [0.25, 0.3) is 0 Å². The van der Waals surface area contributed by atoms with Crippen LogP contribution in [0.1, 0.15) is 22.8 Å². The Morgan fingerprint density at radius 1 is 1.18 bits per heavy atom. The number of rotatable bonds is 3. The molecule has 1 aromatic carbocycles. The lowest BCUT2D eigenvalue weighted by molar-refractivity contribution is 0.101. The predicted octanol–water partition coefficient (Wildman–Crippen LogP) is 3.14. The molecule has 0 fully saturated rings. The van der Waals surface area contributed by atoms with E-state index in [-0.39, 0.29) is 5.78 Å². The predicted molar refractivity (Wildman–Crippen MR) is 67.3 cm³/mol. The maximum atomic E-state index is 11.5. The van der Waals surface area contributed by atoms with Crippen molar-refractivity contribution in [1.29, 1.82) is 0 Å². The zero-order valence-corrected chi connectivity index (χ0v) is 10.5. The number of hydrogen-bond acceptors (Lipinski definition) is 4. The van der Waals surface area contributed by atoms with Crippen LogP contribution in [0.3, 0.4) is 0 Å². The van der Waals surface area contributed by atoms with E-state index < -0.39 is 0 Å². The summed E-state index contributed by atoms with van der Waals surface area (Å²) < 4.78 is 0. The lowest BCUT2D eigenvalue weighted by Gasteiger charge is -2.04. The van der Waals surface area contributed by atoms with E-state index in [4.69, 9.17) is 0 Å². The number of carbonyl (C=O) groups excluding carboxylic acids is 1. The Hall–Kier alpha value is -1.68. The van der Waals surface area contributed by atoms with Crippen molar-refractivity contribution < 1.29 is 4.79 Å². The monoisotopic (exact) mass is 244 g/mol. The number of hydrogen-bond donors (Lipinski definition) is 0. The van der Waals surface area contributed by atoms with Gasteiger partial charge in [0.15, 0.2) is 10.9 Å². The molecule has 2 aromatic rings. The lowest BCUT2D eigenvalue weighted by atomic mass is 10.1. The largest absolute Gasteiger partial charge is 0.294 e. The number of aryl methyl sites for hydroxylation is 1. The Morgan fingerprint density at radius 3 is 2.47 bits per heavy atom. The molecule has 0 aliphatic carbocycles. The summed E-state index contributed by atoms with van der Waals surface area (Å²) in [4.78, 5) is 20.8. The van der Waals surface area contributed by atoms with Crippen molar-refractivity contribution in [3.05, 3.63) is 47.8 Å². The van der Waals surface area contributed by atoms with Crippen LogP contribution in [0.15, 0.2) is 46.7 Å². The Kier molecular flexibility index (Phi) is 3.54. The zero-order valence-electron chi connectivity index (χ0n) is 9.68. The Bertz CT molecular complexity index is 537. The molecule has 1 aromatic heterocycles. The van der Waals surface area contributed by atoms with E-state index in [1.165, 1.54) is 11.8 Å². The molecule has 1 heterocycles. The molecule has 0 atom stereocenters. The summed E-state index contributed by atoms with van der Waals surface area (Å²) in [5, 5.41) is 0.657. The summed E-state index contributed by atoms with van der Waals surface area (Å²) in [6, 6.07) is 7.49. The molecular weight excluding hydrogens is 232 g/mol. The molecule has 0 N–H and O–H groups in total. The zero-order chi connectivity index (χ0) is 12.3. The van der Waals surface area contributed by atoms with Gasteiger partial charge < -0.3 is 0 Å². The molecule has 17 heavy (non-hydrogen) atoms. The van der Waals surface area contributed by atoms with Gasteiger partial charge in [-0.2, -0.15) is 0 Å². The molecule has 0 aliphatic rings. The summed E-state index contributed by atoms with van der Waals surface area (Å²) in [5.41, 5.74) is 1.73. The van der Waals surface area contributed by atoms with Gasteiger partial charge in [-0.25, -0.2) is 9.97 Å². The van der Waals surface area contributed by atoms with Crippen molar-refractivity contribution in [2.45, 2.75) is 23.9 Å². The van der Waals surface area contributed by atoms with Gasteiger partial charge in [-0.05, 0) is 37.2 Å². The van der Waals surface area contributed by atoms with Crippen LogP contribution in [0.4, 0.5) is 0 Å². The van der Waals surface area contributed by atoms with Gasteiger partial charge in [-0.3, -0.25) is 4.79 Å². The number of carbonyl (C=O) groups is 1. The average Bonchev–Trinajstić information content (AvgIpc) is 2.32. The van der Waals surface area contributed by atoms with E-state index >= 15 is 0 Å². The fraction of sp³-hybridized carbons (Fsp3) is 0.154. The number of aromatic nitrogens is 2. The van der Waals surface area contributed by atoms with Gasteiger partial charge in [0.1, 0.15) is 0 Å². The second-order valence-electron chi connectivity index (χ2n) is 3.70. The van der Waals surface area contributed by atoms with Gasteiger partial charge in [0.25, 0.3) is 0 Å². The molecule has 86 valence electrons. The average molecular weight is 244 g/mol. The van der Waals surface area contributed by atoms with Crippen LogP contribution in [-0.2, 0) is 0 Å². The first-order chi connectivity index (χ1) is 8.16. The van der Waals surface area contributed by atoms with Gasteiger partial charge in [-0.1, -0.05) is 18.2 Å². The molecule has 2 rings (SSSR count). The molecule has 4 heteroatoms. The normalized spacial score (nSPS) is 10.2. The first kappa shape index (κ1) is 11.8. The standard InChI is InChI=1S/C13H12N2OS/c1-9-7-14-13(15-8-9)17-12-6-4-3-5-11(12)10(2)16/h3-8H,1-2H3. The van der Waals surface area contributed by atoms with Crippen LogP contribution in [0, 0.1) is 6.92 Å². The highest BCUT2D eigenvalue weighted by atomic mass is 32.2. The number of ketones is 1. The van der Waals surface area contributed by atoms with Gasteiger partial charge >= 0.3 is 0 Å². The number of benzene rings is 1. The van der Waals surface area contributed by atoms with Crippen LogP contribution < -0.4 is 0 Å². The van der Waals surface area contributed by atoms with Crippen molar-refractivity contribution in [3.63, 3.8) is 0 Å². The summed E-state index contributed by atoms with van der Waals surface area (Å²) in [6.07, 6.45) is 3.54. The maximum Gasteiger partial charge on any atom is 0.192 e. The first-order valence-electron chi connectivity index (χ1n) is 5.23. The molecule has 0 amide bonds. The molecule has 0 spiro atoms. The van der Waals surface area contributed by atoms with E-state index in [1.54, 1.807) is 19.3 Å². The molecule has 0 saturated heterocycles. The Labute approximate surface area is 104 Å². The fourth-order valence-corrected chi connectivity index (χ4v) is 2.25. The van der Waals surface area contributed by atoms with Gasteiger partial charge in [0.2, 0.25) is 0 Å². The van der Waals surface area contributed by atoms with E-state index in [9.17, 15) is 4.79 Å². The number of Topliss-reactive ketones (excluding diaryl/α,β-unsaturated/α-hetero) is 1. The van der Waals surface area contributed by atoms with Crippen LogP contribution in [-0.4, -0.2) is 15.8 Å². The molecule has 0 bridgehead atoms. The highest BCUT2D eigenvalue weighted by molar-refractivity contribution is 7.99. The van der Waals surface area contributed by atoms with E-state index in [1.807, 2.05) is 31.2 Å². The molecule has 0 aliphatic heterocycles. The summed E-state index contributed by atoms with van der Waals surface area (Å²) >= 11 is 1.41. The van der Waals surface area contributed by atoms with Crippen molar-refractivity contribution in [3.8, 4) is 0 Å². The molecular formula is C13H12N2OS. The smallest absolute Gasteiger partial charge is 0.192 e. The van der Waals surface area contributed by atoms with Crippen molar-refractivity contribution in [2.75, 3.05) is 0 Å². The minimum Gasteiger partial charge on any atom is -0.294 e. The highest BCUT2D eigenvalue weighted by Gasteiger charge is 2.08. The van der Waals surface area contributed by atoms with Crippen molar-refractivity contribution in [2.24, 2.45) is 0 Å². The van der Waals surface area contributed by atoms with Gasteiger partial charge in [-0.15, -0.1) is 0 Å². The third-order valence-electron chi connectivity index (χ3n) is 2.22. The SMILES string of the molecule is CC(=O)c1ccccc1Sc1ncc(C)cn1. The third-order valence-corrected chi connectivity index (χ3v) is 3.19. The molecule has 3 nitrogen and oxygen atoms in total. The molecule has 0 radical (unpaired) electrons. The Morgan fingerprint density at radius 2 is 1.82 bits per heavy atom. The molecule has 0 unspecified atom stereocenters. The van der Waals surface area contributed by atoms with Crippen molar-refractivity contribution >= 4 is 17.5 Å². The van der Waals surface area contributed by atoms with E-state index in [2.05, 4.69) is 9.97 Å². The second-order valence-corrected chi connectivity index (χ2v) is 4.71. The highest BCUT2D eigenvalue weighted by Crippen LogP contribution is 2.27. The maximum absolute atomic E-state index is 11.5. The second kappa shape index (κ2) is 5.10. The van der Waals surface area contributed by atoms with Gasteiger partial charge in [0, 0.05) is 22.9 Å². The summed E-state index contributed by atoms with van der Waals surface area (Å²) in [6.45, 7) is 3.51. The minimum atomic E-state index is 0.0558. The van der Waals surface area contributed by atoms with Gasteiger partial charge in [0.05, 0.1) is 0 Å². The molecule has 0 saturated carbocycles. The topological polar surface area (TPSA) is 42.9 Å². The quantitative estimate of drug-likeness (QED) is 0.614. The van der Waals surface area contributed by atoms with Crippen LogP contribution in [0.5, 0.6) is 0 Å². The minimum absolute atomic E-state index is 0.0558. The Balaban J connectivity index is 2.30. The van der Waals surface area contributed by atoms with Crippen LogP contribution in [0.2, 0.25) is 0 Å². The summed E-state index contributed by atoms with van der Waals surface area (Å²) in [7, 11) is 0. The summed E-state index contributed by atoms with van der Waals surface area (Å²) in [5.74, 6) is 0.0558.